The largest absolute Gasteiger partial charge is 0.469 e. The quantitative estimate of drug-likeness (QED) is 0.561. The Morgan fingerprint density at radius 2 is 2.09 bits per heavy atom. The van der Waals surface area contributed by atoms with Gasteiger partial charge in [0.15, 0.2) is 5.96 Å². The van der Waals surface area contributed by atoms with E-state index in [0.29, 0.717) is 6.04 Å². The molecule has 6 nitrogen and oxygen atoms in total. The molecule has 2 N–H and O–H groups in total. The first-order valence-electron chi connectivity index (χ1n) is 8.66. The summed E-state index contributed by atoms with van der Waals surface area (Å²) in [6.07, 6.45) is 3.65. The van der Waals surface area contributed by atoms with Gasteiger partial charge < -0.3 is 19.8 Å². The van der Waals surface area contributed by atoms with E-state index >= 15 is 0 Å². The van der Waals surface area contributed by atoms with Gasteiger partial charge in [-0.25, -0.2) is 0 Å². The van der Waals surface area contributed by atoms with Gasteiger partial charge in [0, 0.05) is 38.6 Å². The van der Waals surface area contributed by atoms with E-state index in [4.69, 9.17) is 14.1 Å². The molecule has 23 heavy (non-hydrogen) atoms. The summed E-state index contributed by atoms with van der Waals surface area (Å²) in [7, 11) is 0. The number of morpholine rings is 1. The molecule has 2 heterocycles. The third kappa shape index (κ3) is 6.62. The zero-order chi connectivity index (χ0) is 16.3. The fourth-order valence-electron chi connectivity index (χ4n) is 2.53. The van der Waals surface area contributed by atoms with Crippen molar-refractivity contribution in [3.8, 4) is 0 Å². The van der Waals surface area contributed by atoms with Crippen LogP contribution in [-0.4, -0.2) is 62.8 Å². The number of hydrogen-bond acceptors (Lipinski definition) is 4. The minimum absolute atomic E-state index is 0.434. The van der Waals surface area contributed by atoms with Crippen LogP contribution in [0.3, 0.4) is 0 Å². The Bertz CT molecular complexity index is 441. The Morgan fingerprint density at radius 1 is 1.30 bits per heavy atom. The first-order chi connectivity index (χ1) is 11.3. The Labute approximate surface area is 139 Å². The molecule has 0 bridgehead atoms. The van der Waals surface area contributed by atoms with Gasteiger partial charge in [-0.2, -0.15) is 0 Å². The molecule has 1 aliphatic heterocycles. The Hall–Kier alpha value is -1.53. The molecular weight excluding hydrogens is 292 g/mol. The molecule has 6 heteroatoms. The number of ether oxygens (including phenoxy) is 1. The molecule has 1 saturated heterocycles. The summed E-state index contributed by atoms with van der Waals surface area (Å²) in [6.45, 7) is 10.6. The molecular formula is C17H30N4O2. The van der Waals surface area contributed by atoms with Crippen molar-refractivity contribution < 1.29 is 9.15 Å². The number of furan rings is 1. The van der Waals surface area contributed by atoms with E-state index in [9.17, 15) is 0 Å². The van der Waals surface area contributed by atoms with Crippen molar-refractivity contribution in [2.24, 2.45) is 4.99 Å². The highest BCUT2D eigenvalue weighted by atomic mass is 16.5. The summed E-state index contributed by atoms with van der Waals surface area (Å²) in [5.41, 5.74) is 0. The SMILES string of the molecule is CCCNC(=NCC(C)N1CCOCC1)NCCc1ccco1. The van der Waals surface area contributed by atoms with Gasteiger partial charge in [-0.05, 0) is 25.5 Å². The molecule has 1 unspecified atom stereocenters. The molecule has 1 atom stereocenters. The Kier molecular flexibility index (Phi) is 7.97. The topological polar surface area (TPSA) is 62.0 Å². The first-order valence-corrected chi connectivity index (χ1v) is 8.66. The van der Waals surface area contributed by atoms with Crippen LogP contribution in [0.2, 0.25) is 0 Å². The van der Waals surface area contributed by atoms with Gasteiger partial charge in [-0.3, -0.25) is 9.89 Å². The number of nitrogens with zero attached hydrogens (tertiary/aromatic N) is 2. The van der Waals surface area contributed by atoms with Crippen molar-refractivity contribution in [3.05, 3.63) is 24.2 Å². The van der Waals surface area contributed by atoms with Gasteiger partial charge in [0.1, 0.15) is 5.76 Å². The van der Waals surface area contributed by atoms with Crippen molar-refractivity contribution in [3.63, 3.8) is 0 Å². The molecule has 1 fully saturated rings. The fourth-order valence-corrected chi connectivity index (χ4v) is 2.53. The van der Waals surface area contributed by atoms with Crippen LogP contribution in [0, 0.1) is 0 Å². The highest BCUT2D eigenvalue weighted by Crippen LogP contribution is 2.04. The molecule has 0 spiro atoms. The van der Waals surface area contributed by atoms with E-state index in [2.05, 4.69) is 29.4 Å². The fraction of sp³-hybridized carbons (Fsp3) is 0.706. The maximum atomic E-state index is 5.41. The maximum absolute atomic E-state index is 5.41. The van der Waals surface area contributed by atoms with Crippen molar-refractivity contribution in [1.82, 2.24) is 15.5 Å². The number of hydrogen-bond donors (Lipinski definition) is 2. The lowest BCUT2D eigenvalue weighted by Crippen LogP contribution is -2.44. The van der Waals surface area contributed by atoms with Crippen LogP contribution in [0.4, 0.5) is 0 Å². The standard InChI is InChI=1S/C17H30N4O2/c1-3-7-18-17(19-8-6-16-5-4-11-23-16)20-14-15(2)21-9-12-22-13-10-21/h4-5,11,15H,3,6-10,12-14H2,1-2H3,(H2,18,19,20). The van der Waals surface area contributed by atoms with E-state index in [-0.39, 0.29) is 0 Å². The highest BCUT2D eigenvalue weighted by Gasteiger charge is 2.16. The summed E-state index contributed by atoms with van der Waals surface area (Å²) in [4.78, 5) is 7.17. The predicted molar refractivity (Wildman–Crippen MR) is 92.9 cm³/mol. The zero-order valence-electron chi connectivity index (χ0n) is 14.4. The monoisotopic (exact) mass is 322 g/mol. The van der Waals surface area contributed by atoms with Crippen LogP contribution in [0.5, 0.6) is 0 Å². The molecule has 0 aromatic carbocycles. The third-order valence-electron chi connectivity index (χ3n) is 3.97. The van der Waals surface area contributed by atoms with Crippen molar-refractivity contribution in [2.75, 3.05) is 45.9 Å². The summed E-state index contributed by atoms with van der Waals surface area (Å²) in [6, 6.07) is 4.35. The van der Waals surface area contributed by atoms with Crippen molar-refractivity contribution in [1.29, 1.82) is 0 Å². The summed E-state index contributed by atoms with van der Waals surface area (Å²) < 4.78 is 10.8. The molecule has 0 aliphatic carbocycles. The second-order valence-electron chi connectivity index (χ2n) is 5.87. The van der Waals surface area contributed by atoms with E-state index in [1.165, 1.54) is 0 Å². The minimum atomic E-state index is 0.434. The molecule has 0 amide bonds. The van der Waals surface area contributed by atoms with Crippen LogP contribution < -0.4 is 10.6 Å². The molecule has 0 radical (unpaired) electrons. The van der Waals surface area contributed by atoms with Crippen molar-refractivity contribution in [2.45, 2.75) is 32.7 Å². The minimum Gasteiger partial charge on any atom is -0.469 e. The third-order valence-corrected chi connectivity index (χ3v) is 3.97. The van der Waals surface area contributed by atoms with Crippen LogP contribution >= 0.6 is 0 Å². The number of nitrogens with one attached hydrogen (secondary N) is 2. The van der Waals surface area contributed by atoms with E-state index < -0.39 is 0 Å². The lowest BCUT2D eigenvalue weighted by Gasteiger charge is -2.31. The summed E-state index contributed by atoms with van der Waals surface area (Å²) >= 11 is 0. The van der Waals surface area contributed by atoms with Gasteiger partial charge >= 0.3 is 0 Å². The smallest absolute Gasteiger partial charge is 0.191 e. The highest BCUT2D eigenvalue weighted by molar-refractivity contribution is 5.79. The van der Waals surface area contributed by atoms with Crippen LogP contribution in [0.1, 0.15) is 26.0 Å². The summed E-state index contributed by atoms with van der Waals surface area (Å²) in [5, 5.41) is 6.76. The second kappa shape index (κ2) is 10.3. The maximum Gasteiger partial charge on any atom is 0.191 e. The van der Waals surface area contributed by atoms with Gasteiger partial charge in [-0.15, -0.1) is 0 Å². The van der Waals surface area contributed by atoms with Gasteiger partial charge in [0.05, 0.1) is 26.0 Å². The molecule has 1 aromatic rings. The Balaban J connectivity index is 1.77. The lowest BCUT2D eigenvalue weighted by molar-refractivity contribution is 0.0220. The predicted octanol–water partition coefficient (Wildman–Crippen LogP) is 1.49. The number of rotatable bonds is 8. The molecule has 1 aromatic heterocycles. The van der Waals surface area contributed by atoms with Gasteiger partial charge in [0.2, 0.25) is 0 Å². The van der Waals surface area contributed by atoms with E-state index in [1.54, 1.807) is 6.26 Å². The van der Waals surface area contributed by atoms with Crippen molar-refractivity contribution >= 4 is 5.96 Å². The number of aliphatic imine (C=N–C) groups is 1. The first kappa shape index (κ1) is 17.8. The average molecular weight is 322 g/mol. The molecule has 1 aliphatic rings. The lowest BCUT2D eigenvalue weighted by atomic mass is 10.2. The van der Waals surface area contributed by atoms with Crippen LogP contribution in [-0.2, 0) is 11.2 Å². The normalized spacial score (nSPS) is 17.9. The Morgan fingerprint density at radius 3 is 2.78 bits per heavy atom. The molecule has 130 valence electrons. The van der Waals surface area contributed by atoms with Gasteiger partial charge in [0.25, 0.3) is 0 Å². The summed E-state index contributed by atoms with van der Waals surface area (Å²) in [5.74, 6) is 1.88. The van der Waals surface area contributed by atoms with E-state index in [1.807, 2.05) is 12.1 Å². The van der Waals surface area contributed by atoms with Gasteiger partial charge in [-0.1, -0.05) is 6.92 Å². The second-order valence-corrected chi connectivity index (χ2v) is 5.87. The van der Waals surface area contributed by atoms with Crippen LogP contribution in [0.25, 0.3) is 0 Å². The average Bonchev–Trinajstić information content (AvgIpc) is 3.10. The van der Waals surface area contributed by atoms with E-state index in [0.717, 1.165) is 70.5 Å². The number of guanidine groups is 1. The van der Waals surface area contributed by atoms with Crippen LogP contribution in [0.15, 0.2) is 27.8 Å². The molecule has 2 rings (SSSR count). The zero-order valence-corrected chi connectivity index (χ0v) is 14.4. The molecule has 0 saturated carbocycles.